The fourth-order valence-corrected chi connectivity index (χ4v) is 2.38. The van der Waals surface area contributed by atoms with Crippen molar-refractivity contribution in [2.45, 2.75) is 6.10 Å². The summed E-state index contributed by atoms with van der Waals surface area (Å²) in [6.07, 6.45) is -0.259. The van der Waals surface area contributed by atoms with Crippen molar-refractivity contribution in [2.75, 3.05) is 6.54 Å². The minimum absolute atomic E-state index is 0.259. The van der Waals surface area contributed by atoms with E-state index >= 15 is 0 Å². The second-order valence-corrected chi connectivity index (χ2v) is 5.11. The molecule has 0 spiro atoms. The number of hydrogen-bond acceptors (Lipinski definition) is 3. The highest BCUT2D eigenvalue weighted by molar-refractivity contribution is 9.10. The molecule has 2 aromatic carbocycles. The molecule has 0 aliphatic heterocycles. The molecule has 0 saturated carbocycles. The molecule has 20 heavy (non-hydrogen) atoms. The van der Waals surface area contributed by atoms with E-state index < -0.39 is 5.91 Å². The van der Waals surface area contributed by atoms with E-state index in [1.165, 1.54) is 0 Å². The molecule has 5 heteroatoms. The van der Waals surface area contributed by atoms with Gasteiger partial charge in [-0.15, -0.1) is 0 Å². The summed E-state index contributed by atoms with van der Waals surface area (Å²) in [5.41, 5.74) is 12.4. The fraction of sp³-hybridized carbons (Fsp3) is 0.133. The maximum atomic E-state index is 11.0. The van der Waals surface area contributed by atoms with Crippen LogP contribution < -0.4 is 16.2 Å². The predicted molar refractivity (Wildman–Crippen MR) is 81.5 cm³/mol. The zero-order valence-electron chi connectivity index (χ0n) is 10.8. The Labute approximate surface area is 125 Å². The molecule has 0 saturated heterocycles. The highest BCUT2D eigenvalue weighted by Crippen LogP contribution is 2.27. The van der Waals surface area contributed by atoms with Gasteiger partial charge in [-0.3, -0.25) is 4.79 Å². The molecule has 4 N–H and O–H groups in total. The van der Waals surface area contributed by atoms with Gasteiger partial charge < -0.3 is 16.2 Å². The third-order valence-electron chi connectivity index (χ3n) is 2.88. The van der Waals surface area contributed by atoms with Crippen molar-refractivity contribution in [1.29, 1.82) is 0 Å². The molecule has 2 rings (SSSR count). The number of rotatable bonds is 5. The highest BCUT2D eigenvalue weighted by Gasteiger charge is 2.14. The minimum Gasteiger partial charge on any atom is -0.484 e. The van der Waals surface area contributed by atoms with Crippen LogP contribution in [-0.2, 0) is 0 Å². The average Bonchev–Trinajstić information content (AvgIpc) is 2.46. The number of ether oxygens (including phenoxy) is 1. The van der Waals surface area contributed by atoms with Crippen molar-refractivity contribution in [3.8, 4) is 5.75 Å². The molecule has 1 unspecified atom stereocenters. The van der Waals surface area contributed by atoms with Crippen molar-refractivity contribution in [3.63, 3.8) is 0 Å². The van der Waals surface area contributed by atoms with Gasteiger partial charge in [0.15, 0.2) is 0 Å². The van der Waals surface area contributed by atoms with E-state index in [-0.39, 0.29) is 6.10 Å². The Hall–Kier alpha value is -1.85. The number of benzene rings is 2. The SMILES string of the molecule is NCC(Oc1ccc(C(N)=O)cc1)c1ccccc1Br. The summed E-state index contributed by atoms with van der Waals surface area (Å²) in [5, 5.41) is 0. The summed E-state index contributed by atoms with van der Waals surface area (Å²) >= 11 is 3.49. The van der Waals surface area contributed by atoms with Crippen LogP contribution in [0.25, 0.3) is 0 Å². The van der Waals surface area contributed by atoms with Gasteiger partial charge in [-0.1, -0.05) is 34.1 Å². The van der Waals surface area contributed by atoms with Crippen molar-refractivity contribution < 1.29 is 9.53 Å². The first-order chi connectivity index (χ1) is 9.61. The zero-order valence-corrected chi connectivity index (χ0v) is 12.3. The molecular formula is C15H15BrN2O2. The van der Waals surface area contributed by atoms with Crippen LogP contribution in [0, 0.1) is 0 Å². The molecule has 1 amide bonds. The number of hydrogen-bond donors (Lipinski definition) is 2. The first-order valence-corrected chi connectivity index (χ1v) is 6.92. The summed E-state index contributed by atoms with van der Waals surface area (Å²) in [4.78, 5) is 11.0. The Morgan fingerprint density at radius 2 is 1.80 bits per heavy atom. The van der Waals surface area contributed by atoms with Crippen LogP contribution in [0.15, 0.2) is 53.0 Å². The van der Waals surface area contributed by atoms with Gasteiger partial charge in [-0.2, -0.15) is 0 Å². The molecule has 0 fully saturated rings. The second-order valence-electron chi connectivity index (χ2n) is 4.25. The summed E-state index contributed by atoms with van der Waals surface area (Å²) in [6.45, 7) is 0.347. The topological polar surface area (TPSA) is 78.3 Å². The molecule has 2 aromatic rings. The first-order valence-electron chi connectivity index (χ1n) is 6.13. The van der Waals surface area contributed by atoms with E-state index in [0.29, 0.717) is 17.9 Å². The van der Waals surface area contributed by atoms with E-state index in [2.05, 4.69) is 15.9 Å². The average molecular weight is 335 g/mol. The Kier molecular flexibility index (Phi) is 4.76. The maximum absolute atomic E-state index is 11.0. The molecule has 0 radical (unpaired) electrons. The summed E-state index contributed by atoms with van der Waals surface area (Å²) in [5.74, 6) is 0.180. The van der Waals surface area contributed by atoms with Crippen LogP contribution in [0.4, 0.5) is 0 Å². The van der Waals surface area contributed by atoms with E-state index in [9.17, 15) is 4.79 Å². The van der Waals surface area contributed by atoms with Gasteiger partial charge in [0, 0.05) is 22.1 Å². The van der Waals surface area contributed by atoms with E-state index in [1.54, 1.807) is 24.3 Å². The summed E-state index contributed by atoms with van der Waals surface area (Å²) in [7, 11) is 0. The molecule has 1 atom stereocenters. The monoisotopic (exact) mass is 334 g/mol. The zero-order chi connectivity index (χ0) is 14.5. The van der Waals surface area contributed by atoms with Crippen LogP contribution in [0.5, 0.6) is 5.75 Å². The largest absolute Gasteiger partial charge is 0.484 e. The van der Waals surface area contributed by atoms with Crippen LogP contribution >= 0.6 is 15.9 Å². The van der Waals surface area contributed by atoms with Crippen LogP contribution in [-0.4, -0.2) is 12.5 Å². The van der Waals surface area contributed by atoms with Crippen molar-refractivity contribution in [3.05, 3.63) is 64.1 Å². The van der Waals surface area contributed by atoms with E-state index in [4.69, 9.17) is 16.2 Å². The van der Waals surface area contributed by atoms with Gasteiger partial charge in [0.1, 0.15) is 11.9 Å². The molecule has 0 heterocycles. The molecule has 0 aliphatic rings. The third kappa shape index (κ3) is 3.37. The van der Waals surface area contributed by atoms with Gasteiger partial charge in [0.2, 0.25) is 5.91 Å². The number of amides is 1. The standard InChI is InChI=1S/C15H15BrN2O2/c16-13-4-2-1-3-12(13)14(9-17)20-11-7-5-10(6-8-11)15(18)19/h1-8,14H,9,17H2,(H2,18,19). The second kappa shape index (κ2) is 6.54. The minimum atomic E-state index is -0.460. The van der Waals surface area contributed by atoms with Gasteiger partial charge in [0.05, 0.1) is 0 Å². The molecule has 0 bridgehead atoms. The van der Waals surface area contributed by atoms with Gasteiger partial charge in [-0.05, 0) is 30.3 Å². The van der Waals surface area contributed by atoms with Gasteiger partial charge >= 0.3 is 0 Å². The van der Waals surface area contributed by atoms with Crippen LogP contribution in [0.2, 0.25) is 0 Å². The Morgan fingerprint density at radius 3 is 2.35 bits per heavy atom. The first kappa shape index (κ1) is 14.6. The van der Waals surface area contributed by atoms with Crippen molar-refractivity contribution in [1.82, 2.24) is 0 Å². The molecule has 0 aliphatic carbocycles. The third-order valence-corrected chi connectivity index (χ3v) is 3.61. The highest BCUT2D eigenvalue weighted by atomic mass is 79.9. The molecular weight excluding hydrogens is 320 g/mol. The molecule has 4 nitrogen and oxygen atoms in total. The van der Waals surface area contributed by atoms with E-state index in [1.807, 2.05) is 24.3 Å². The molecule has 104 valence electrons. The Balaban J connectivity index is 2.18. The Morgan fingerprint density at radius 1 is 1.15 bits per heavy atom. The fourth-order valence-electron chi connectivity index (χ4n) is 1.84. The lowest BCUT2D eigenvalue weighted by Crippen LogP contribution is -2.19. The number of carbonyl (C=O) groups excluding carboxylic acids is 1. The lowest BCUT2D eigenvalue weighted by atomic mass is 10.1. The van der Waals surface area contributed by atoms with Gasteiger partial charge in [0.25, 0.3) is 0 Å². The van der Waals surface area contributed by atoms with Crippen LogP contribution in [0.3, 0.4) is 0 Å². The predicted octanol–water partition coefficient (Wildman–Crippen LogP) is 2.63. The van der Waals surface area contributed by atoms with Crippen molar-refractivity contribution in [2.24, 2.45) is 11.5 Å². The smallest absolute Gasteiger partial charge is 0.248 e. The van der Waals surface area contributed by atoms with E-state index in [0.717, 1.165) is 10.0 Å². The van der Waals surface area contributed by atoms with Gasteiger partial charge in [-0.25, -0.2) is 0 Å². The number of halogens is 1. The maximum Gasteiger partial charge on any atom is 0.248 e. The number of nitrogens with two attached hydrogens (primary N) is 2. The Bertz CT molecular complexity index is 599. The normalized spacial score (nSPS) is 11.9. The lowest BCUT2D eigenvalue weighted by Gasteiger charge is -2.19. The number of carbonyl (C=O) groups is 1. The molecule has 0 aromatic heterocycles. The summed E-state index contributed by atoms with van der Waals surface area (Å²) in [6, 6.07) is 14.4. The lowest BCUT2D eigenvalue weighted by molar-refractivity contribution is 0.1000. The summed E-state index contributed by atoms with van der Waals surface area (Å²) < 4.78 is 6.81. The van der Waals surface area contributed by atoms with Crippen LogP contribution in [0.1, 0.15) is 22.0 Å². The number of primary amides is 1. The van der Waals surface area contributed by atoms with Crippen molar-refractivity contribution >= 4 is 21.8 Å². The quantitative estimate of drug-likeness (QED) is 0.882.